The lowest BCUT2D eigenvalue weighted by molar-refractivity contribution is -0.525. The Morgan fingerprint density at radius 1 is 0.596 bits per heavy atom. The van der Waals surface area contributed by atoms with Crippen molar-refractivity contribution >= 4 is 17.8 Å². The Hall–Kier alpha value is -2.39. The maximum absolute atomic E-state index is 13.9. The van der Waals surface area contributed by atoms with E-state index in [4.69, 9.17) is 5.73 Å². The molecule has 0 unspecified atom stereocenters. The maximum Gasteiger partial charge on any atom is 0.251 e. The number of aliphatic imine (C=N–C) groups is 1. The van der Waals surface area contributed by atoms with Crippen LogP contribution in [0.1, 0.15) is 226 Å². The molecule has 10 heteroatoms. The smallest absolute Gasteiger partial charge is 0.251 e. The van der Waals surface area contributed by atoms with Crippen LogP contribution in [0.3, 0.4) is 0 Å². The molecule has 4 N–H and O–H groups in total. The standard InChI is InChI=1S/C42H84N6O4/c1-4-7-10-13-14-15-16-17-18-19-20-21-22-23-24-25-26-27-30-35-40(49)45-39(34-33-36-44-42(43)46-48(51)52)41(50)47(37-31-28-11-8-5-2)38-32-29-12-9-6-3/h39H,4-38H2,1-3H3,(H,45,49)(H3,43,44,46)/t39-/m0/s1. The summed E-state index contributed by atoms with van der Waals surface area (Å²) in [6.45, 7) is 8.33. The second-order valence-corrected chi connectivity index (χ2v) is 15.2. The summed E-state index contributed by atoms with van der Waals surface area (Å²) in [6, 6.07) is -0.626. The van der Waals surface area contributed by atoms with E-state index < -0.39 is 11.1 Å². The first-order valence-corrected chi connectivity index (χ1v) is 22.1. The molecule has 52 heavy (non-hydrogen) atoms. The van der Waals surface area contributed by atoms with Gasteiger partial charge in [-0.2, -0.15) is 0 Å². The van der Waals surface area contributed by atoms with Gasteiger partial charge in [0.15, 0.2) is 5.03 Å². The van der Waals surface area contributed by atoms with Crippen molar-refractivity contribution in [3.8, 4) is 0 Å². The zero-order valence-electron chi connectivity index (χ0n) is 34.4. The molecule has 1 atom stereocenters. The summed E-state index contributed by atoms with van der Waals surface area (Å²) in [5, 5.41) is 13.0. The van der Waals surface area contributed by atoms with Gasteiger partial charge in [-0.1, -0.05) is 193 Å². The fourth-order valence-corrected chi connectivity index (χ4v) is 6.88. The third kappa shape index (κ3) is 33.4. The summed E-state index contributed by atoms with van der Waals surface area (Å²) in [5.74, 6) is -0.357. The summed E-state index contributed by atoms with van der Waals surface area (Å²) in [4.78, 5) is 43.6. The van der Waals surface area contributed by atoms with Crippen LogP contribution in [0.2, 0.25) is 0 Å². The van der Waals surface area contributed by atoms with Gasteiger partial charge in [-0.05, 0) is 32.1 Å². The van der Waals surface area contributed by atoms with Gasteiger partial charge >= 0.3 is 0 Å². The van der Waals surface area contributed by atoms with Crippen LogP contribution in [-0.2, 0) is 9.59 Å². The molecule has 0 aliphatic rings. The van der Waals surface area contributed by atoms with Crippen LogP contribution >= 0.6 is 0 Å². The lowest BCUT2D eigenvalue weighted by Gasteiger charge is -2.28. The average molecular weight is 737 g/mol. The fourth-order valence-electron chi connectivity index (χ4n) is 6.88. The van der Waals surface area contributed by atoms with E-state index in [-0.39, 0.29) is 24.3 Å². The number of unbranched alkanes of at least 4 members (excludes halogenated alkanes) is 26. The molecule has 0 aliphatic heterocycles. The fraction of sp³-hybridized carbons (Fsp3) is 0.929. The van der Waals surface area contributed by atoms with Crippen LogP contribution in [0.25, 0.3) is 0 Å². The molecular formula is C42H84N6O4. The van der Waals surface area contributed by atoms with Gasteiger partial charge in [-0.3, -0.25) is 9.59 Å². The van der Waals surface area contributed by atoms with E-state index in [0.29, 0.717) is 32.4 Å². The molecular weight excluding hydrogens is 652 g/mol. The van der Waals surface area contributed by atoms with Crippen molar-refractivity contribution in [1.29, 1.82) is 0 Å². The van der Waals surface area contributed by atoms with Crippen LogP contribution in [0.4, 0.5) is 0 Å². The van der Waals surface area contributed by atoms with Gasteiger partial charge in [-0.15, -0.1) is 0 Å². The quantitative estimate of drug-likeness (QED) is 0.0188. The molecule has 2 amide bonds. The monoisotopic (exact) mass is 737 g/mol. The Morgan fingerprint density at radius 3 is 1.35 bits per heavy atom. The first kappa shape index (κ1) is 49.6. The number of nitrogens with zero attached hydrogens (tertiary/aromatic N) is 3. The summed E-state index contributed by atoms with van der Waals surface area (Å²) in [7, 11) is 0. The van der Waals surface area contributed by atoms with E-state index in [9.17, 15) is 19.7 Å². The highest BCUT2D eigenvalue weighted by Crippen LogP contribution is 2.16. The lowest BCUT2D eigenvalue weighted by atomic mass is 10.0. The summed E-state index contributed by atoms with van der Waals surface area (Å²) >= 11 is 0. The highest BCUT2D eigenvalue weighted by Gasteiger charge is 2.25. The van der Waals surface area contributed by atoms with E-state index in [0.717, 1.165) is 44.9 Å². The van der Waals surface area contributed by atoms with Crippen LogP contribution in [-0.4, -0.2) is 53.4 Å². The van der Waals surface area contributed by atoms with Crippen molar-refractivity contribution in [3.63, 3.8) is 0 Å². The number of carbonyl (C=O) groups excluding carboxylic acids is 2. The Kier molecular flexibility index (Phi) is 36.6. The number of hydrogen-bond acceptors (Lipinski definition) is 5. The van der Waals surface area contributed by atoms with Gasteiger partial charge in [0.1, 0.15) is 6.04 Å². The average Bonchev–Trinajstić information content (AvgIpc) is 3.12. The first-order chi connectivity index (χ1) is 25.3. The molecule has 0 fully saturated rings. The van der Waals surface area contributed by atoms with Crippen LogP contribution < -0.4 is 16.5 Å². The van der Waals surface area contributed by atoms with Gasteiger partial charge in [0, 0.05) is 26.1 Å². The predicted molar refractivity (Wildman–Crippen MR) is 220 cm³/mol. The third-order valence-corrected chi connectivity index (χ3v) is 10.2. The Labute approximate surface area is 320 Å². The van der Waals surface area contributed by atoms with Crippen molar-refractivity contribution in [1.82, 2.24) is 15.6 Å². The molecule has 10 nitrogen and oxygen atoms in total. The molecule has 0 bridgehead atoms. The van der Waals surface area contributed by atoms with E-state index in [1.165, 1.54) is 141 Å². The zero-order chi connectivity index (χ0) is 38.3. The van der Waals surface area contributed by atoms with E-state index in [2.05, 4.69) is 31.1 Å². The molecule has 306 valence electrons. The van der Waals surface area contributed by atoms with Gasteiger partial charge in [0.05, 0.1) is 0 Å². The maximum atomic E-state index is 13.9. The number of amides is 2. The third-order valence-electron chi connectivity index (χ3n) is 10.2. The molecule has 0 radical (unpaired) electrons. The summed E-state index contributed by atoms with van der Waals surface area (Å²) in [5.41, 5.74) is 7.42. The minimum absolute atomic E-state index is 0.0205. The molecule has 0 aromatic heterocycles. The van der Waals surface area contributed by atoms with E-state index >= 15 is 0 Å². The normalized spacial score (nSPS) is 12.2. The van der Waals surface area contributed by atoms with E-state index in [1.54, 1.807) is 0 Å². The van der Waals surface area contributed by atoms with Gasteiger partial charge < -0.3 is 16.0 Å². The predicted octanol–water partition coefficient (Wildman–Crippen LogP) is 10.9. The summed E-state index contributed by atoms with van der Waals surface area (Å²) in [6.07, 6.45) is 37.5. The number of nitro groups is 1. The van der Waals surface area contributed by atoms with E-state index in [1.807, 2.05) is 10.3 Å². The Balaban J connectivity index is 4.58. The molecule has 0 aromatic rings. The topological polar surface area (TPSA) is 143 Å². The van der Waals surface area contributed by atoms with Crippen molar-refractivity contribution in [2.24, 2.45) is 10.7 Å². The lowest BCUT2D eigenvalue weighted by Crippen LogP contribution is -2.49. The van der Waals surface area contributed by atoms with Gasteiger partial charge in [-0.25, -0.2) is 15.1 Å². The minimum atomic E-state index is -0.745. The van der Waals surface area contributed by atoms with Crippen LogP contribution in [0, 0.1) is 10.1 Å². The number of rotatable bonds is 39. The van der Waals surface area contributed by atoms with Crippen molar-refractivity contribution in [3.05, 3.63) is 10.1 Å². The minimum Gasteiger partial charge on any atom is -0.365 e. The Bertz CT molecular complexity index is 857. The summed E-state index contributed by atoms with van der Waals surface area (Å²) < 4.78 is 0. The highest BCUT2D eigenvalue weighted by molar-refractivity contribution is 5.87. The van der Waals surface area contributed by atoms with Crippen LogP contribution in [0.5, 0.6) is 0 Å². The second-order valence-electron chi connectivity index (χ2n) is 15.2. The van der Waals surface area contributed by atoms with Crippen molar-refractivity contribution < 1.29 is 14.6 Å². The van der Waals surface area contributed by atoms with Crippen molar-refractivity contribution in [2.45, 2.75) is 232 Å². The second kappa shape index (κ2) is 38.3. The van der Waals surface area contributed by atoms with Gasteiger partial charge in [0.2, 0.25) is 11.8 Å². The SMILES string of the molecule is CCCCCCCCCCCCCCCCCCCCCC(=O)N[C@@H](CCCN=C(N)N[N+](=O)[O-])C(=O)N(CCCCCCC)CCCCCCC. The molecule has 0 saturated carbocycles. The zero-order valence-corrected chi connectivity index (χ0v) is 34.4. The number of guanidine groups is 1. The number of nitrogens with one attached hydrogen (secondary N) is 2. The van der Waals surface area contributed by atoms with Gasteiger partial charge in [0.25, 0.3) is 5.96 Å². The first-order valence-electron chi connectivity index (χ1n) is 22.1. The highest BCUT2D eigenvalue weighted by atomic mass is 16.7. The number of hydrazine groups is 1. The Morgan fingerprint density at radius 2 is 0.962 bits per heavy atom. The molecule has 0 spiro atoms. The molecule has 0 aliphatic carbocycles. The number of nitrogens with two attached hydrogens (primary N) is 1. The molecule has 0 saturated heterocycles. The number of carbonyl (C=O) groups is 2. The van der Waals surface area contributed by atoms with Crippen LogP contribution in [0.15, 0.2) is 4.99 Å². The van der Waals surface area contributed by atoms with Crippen molar-refractivity contribution in [2.75, 3.05) is 19.6 Å². The molecule has 0 rings (SSSR count). The molecule has 0 heterocycles. The number of hydrogen-bond donors (Lipinski definition) is 3. The molecule has 0 aromatic carbocycles. The largest absolute Gasteiger partial charge is 0.365 e.